The summed E-state index contributed by atoms with van der Waals surface area (Å²) in [7, 11) is 1.31. The van der Waals surface area contributed by atoms with Crippen molar-refractivity contribution in [2.24, 2.45) is 11.3 Å². The first kappa shape index (κ1) is 17.2. The summed E-state index contributed by atoms with van der Waals surface area (Å²) >= 11 is 0. The monoisotopic (exact) mass is 295 g/mol. The summed E-state index contributed by atoms with van der Waals surface area (Å²) in [6, 6.07) is -0.699. The Morgan fingerprint density at radius 2 is 2.10 bits per heavy atom. The normalized spacial score (nSPS) is 14.3. The van der Waals surface area contributed by atoms with E-state index in [-0.39, 0.29) is 17.2 Å². The van der Waals surface area contributed by atoms with Crippen molar-refractivity contribution in [3.63, 3.8) is 0 Å². The molecule has 1 rings (SSSR count). The summed E-state index contributed by atoms with van der Waals surface area (Å²) in [5, 5.41) is 2.75. The van der Waals surface area contributed by atoms with Crippen LogP contribution in [-0.2, 0) is 20.7 Å². The molecule has 118 valence electrons. The van der Waals surface area contributed by atoms with Crippen LogP contribution in [0.2, 0.25) is 0 Å². The summed E-state index contributed by atoms with van der Waals surface area (Å²) in [4.78, 5) is 30.7. The number of nitrogens with zero attached hydrogens (tertiary/aromatic N) is 1. The Kier molecular flexibility index (Phi) is 5.93. The molecule has 1 heterocycles. The van der Waals surface area contributed by atoms with Gasteiger partial charge in [0.25, 0.3) is 0 Å². The lowest BCUT2D eigenvalue weighted by Crippen LogP contribution is -2.44. The lowest BCUT2D eigenvalue weighted by Gasteiger charge is -2.27. The molecule has 0 fully saturated rings. The van der Waals surface area contributed by atoms with Crippen LogP contribution in [0.3, 0.4) is 0 Å². The Balaban J connectivity index is 2.64. The van der Waals surface area contributed by atoms with Gasteiger partial charge in [0.05, 0.1) is 13.4 Å². The van der Waals surface area contributed by atoms with E-state index < -0.39 is 12.0 Å². The highest BCUT2D eigenvalue weighted by Gasteiger charge is 2.26. The molecule has 0 saturated carbocycles. The smallest absolute Gasteiger partial charge is 0.328 e. The number of H-pyrrole nitrogens is 1. The van der Waals surface area contributed by atoms with Gasteiger partial charge in [-0.25, -0.2) is 9.78 Å². The van der Waals surface area contributed by atoms with Gasteiger partial charge in [0.2, 0.25) is 5.91 Å². The highest BCUT2D eigenvalue weighted by molar-refractivity contribution is 5.84. The fraction of sp³-hybridized carbons (Fsp3) is 0.667. The lowest BCUT2D eigenvalue weighted by molar-refractivity contribution is -0.145. The van der Waals surface area contributed by atoms with Gasteiger partial charge in [-0.2, -0.15) is 0 Å². The fourth-order valence-corrected chi connectivity index (χ4v) is 1.79. The van der Waals surface area contributed by atoms with Gasteiger partial charge in [-0.1, -0.05) is 27.7 Å². The number of hydrogen-bond donors (Lipinski definition) is 2. The summed E-state index contributed by atoms with van der Waals surface area (Å²) in [5.41, 5.74) is 0.816. The van der Waals surface area contributed by atoms with Crippen molar-refractivity contribution in [2.75, 3.05) is 7.11 Å². The Bertz CT molecular complexity index is 463. The summed E-state index contributed by atoms with van der Waals surface area (Å²) in [5.74, 6) is -0.392. The molecule has 1 unspecified atom stereocenters. The average Bonchev–Trinajstić information content (AvgIpc) is 2.88. The maximum atomic E-state index is 12.1. The van der Waals surface area contributed by atoms with Crippen molar-refractivity contribution < 1.29 is 14.3 Å². The van der Waals surface area contributed by atoms with Crippen molar-refractivity contribution in [1.82, 2.24) is 15.3 Å². The van der Waals surface area contributed by atoms with E-state index in [1.807, 2.05) is 6.92 Å². The molecule has 0 radical (unpaired) electrons. The number of amides is 1. The number of methoxy groups -OCH3 is 1. The Morgan fingerprint density at radius 3 is 2.57 bits per heavy atom. The molecule has 0 saturated heterocycles. The molecule has 6 heteroatoms. The van der Waals surface area contributed by atoms with Crippen LogP contribution < -0.4 is 5.32 Å². The van der Waals surface area contributed by atoms with E-state index >= 15 is 0 Å². The number of rotatable bonds is 6. The van der Waals surface area contributed by atoms with Gasteiger partial charge in [0.15, 0.2) is 0 Å². The number of carbonyl (C=O) groups excluding carboxylic acids is 2. The predicted molar refractivity (Wildman–Crippen MR) is 79.5 cm³/mol. The molecule has 1 amide bonds. The second kappa shape index (κ2) is 7.24. The topological polar surface area (TPSA) is 84.1 Å². The average molecular weight is 295 g/mol. The number of ether oxygens (including phenoxy) is 1. The highest BCUT2D eigenvalue weighted by atomic mass is 16.5. The molecule has 6 nitrogen and oxygen atoms in total. The molecular weight excluding hydrogens is 270 g/mol. The van der Waals surface area contributed by atoms with Gasteiger partial charge in [0, 0.05) is 24.7 Å². The molecule has 0 aliphatic carbocycles. The third kappa shape index (κ3) is 5.57. The lowest BCUT2D eigenvalue weighted by atomic mass is 9.80. The number of hydrogen-bond acceptors (Lipinski definition) is 4. The van der Waals surface area contributed by atoms with Crippen molar-refractivity contribution >= 4 is 11.9 Å². The quantitative estimate of drug-likeness (QED) is 0.782. The molecule has 0 aliphatic rings. The summed E-state index contributed by atoms with van der Waals surface area (Å²) in [6.45, 7) is 8.30. The molecule has 2 N–H and O–H groups in total. The van der Waals surface area contributed by atoms with E-state index in [2.05, 4.69) is 36.1 Å². The van der Waals surface area contributed by atoms with Crippen molar-refractivity contribution in [1.29, 1.82) is 0 Å². The Morgan fingerprint density at radius 1 is 1.43 bits per heavy atom. The minimum atomic E-state index is -0.699. The molecule has 2 atom stereocenters. The van der Waals surface area contributed by atoms with Gasteiger partial charge in [-0.3, -0.25) is 4.79 Å². The molecule has 1 aromatic heterocycles. The number of aromatic nitrogens is 2. The van der Waals surface area contributed by atoms with E-state index in [1.165, 1.54) is 13.4 Å². The zero-order valence-corrected chi connectivity index (χ0v) is 13.4. The van der Waals surface area contributed by atoms with Gasteiger partial charge in [-0.05, 0) is 11.3 Å². The number of aromatic amines is 1. The summed E-state index contributed by atoms with van der Waals surface area (Å²) in [6.07, 6.45) is 3.87. The third-order valence-electron chi connectivity index (χ3n) is 3.77. The maximum Gasteiger partial charge on any atom is 0.328 e. The van der Waals surface area contributed by atoms with Crippen LogP contribution >= 0.6 is 0 Å². The summed E-state index contributed by atoms with van der Waals surface area (Å²) < 4.78 is 4.75. The van der Waals surface area contributed by atoms with E-state index in [4.69, 9.17) is 4.74 Å². The standard InChI is InChI=1S/C15H25N3O3/c1-10(15(2,3)4)6-13(19)18-12(14(20)21-5)7-11-8-16-9-17-11/h8-10,12H,6-7H2,1-5H3,(H,16,17)(H,18,19)/t10?,12-/m0/s1. The van der Waals surface area contributed by atoms with Crippen molar-refractivity contribution in [3.05, 3.63) is 18.2 Å². The van der Waals surface area contributed by atoms with Crippen molar-refractivity contribution in [3.8, 4) is 0 Å². The molecule has 0 spiro atoms. The predicted octanol–water partition coefficient (Wildman–Crippen LogP) is 1.68. The van der Waals surface area contributed by atoms with Crippen LogP contribution in [0.4, 0.5) is 0 Å². The number of imidazole rings is 1. The Hall–Kier alpha value is -1.85. The van der Waals surface area contributed by atoms with E-state index in [1.54, 1.807) is 6.20 Å². The second-order valence-electron chi connectivity index (χ2n) is 6.40. The maximum absolute atomic E-state index is 12.1. The van der Waals surface area contributed by atoms with Crippen LogP contribution in [0.1, 0.15) is 39.8 Å². The highest BCUT2D eigenvalue weighted by Crippen LogP contribution is 2.27. The van der Waals surface area contributed by atoms with Gasteiger partial charge in [-0.15, -0.1) is 0 Å². The van der Waals surface area contributed by atoms with Crippen LogP contribution in [0, 0.1) is 11.3 Å². The molecule has 21 heavy (non-hydrogen) atoms. The second-order valence-corrected chi connectivity index (χ2v) is 6.40. The molecule has 0 bridgehead atoms. The van der Waals surface area contributed by atoms with Gasteiger partial charge in [0.1, 0.15) is 6.04 Å². The van der Waals surface area contributed by atoms with E-state index in [9.17, 15) is 9.59 Å². The van der Waals surface area contributed by atoms with E-state index in [0.29, 0.717) is 12.8 Å². The third-order valence-corrected chi connectivity index (χ3v) is 3.77. The van der Waals surface area contributed by atoms with Gasteiger partial charge < -0.3 is 15.0 Å². The van der Waals surface area contributed by atoms with Crippen LogP contribution in [-0.4, -0.2) is 35.0 Å². The molecule has 0 aromatic carbocycles. The number of nitrogens with one attached hydrogen (secondary N) is 2. The van der Waals surface area contributed by atoms with E-state index in [0.717, 1.165) is 5.69 Å². The number of esters is 1. The van der Waals surface area contributed by atoms with Crippen LogP contribution in [0.15, 0.2) is 12.5 Å². The number of carbonyl (C=O) groups is 2. The minimum Gasteiger partial charge on any atom is -0.467 e. The van der Waals surface area contributed by atoms with Gasteiger partial charge >= 0.3 is 5.97 Å². The fourth-order valence-electron chi connectivity index (χ4n) is 1.79. The van der Waals surface area contributed by atoms with Crippen molar-refractivity contribution in [2.45, 2.75) is 46.6 Å². The molecule has 1 aromatic rings. The Labute approximate surface area is 125 Å². The minimum absolute atomic E-state index is 0.0431. The SMILES string of the molecule is COC(=O)[C@H](Cc1cnc[nH]1)NC(=O)CC(C)C(C)(C)C. The molecular formula is C15H25N3O3. The zero-order chi connectivity index (χ0) is 16.0. The largest absolute Gasteiger partial charge is 0.467 e. The van der Waals surface area contributed by atoms with Crippen LogP contribution in [0.5, 0.6) is 0 Å². The first-order chi connectivity index (χ1) is 9.74. The zero-order valence-electron chi connectivity index (χ0n) is 13.4. The van der Waals surface area contributed by atoms with Crippen LogP contribution in [0.25, 0.3) is 0 Å². The first-order valence-corrected chi connectivity index (χ1v) is 7.08. The molecule has 0 aliphatic heterocycles. The first-order valence-electron chi connectivity index (χ1n) is 7.08.